The van der Waals surface area contributed by atoms with Crippen LogP contribution in [0.2, 0.25) is 0 Å². The van der Waals surface area contributed by atoms with Crippen LogP contribution in [-0.4, -0.2) is 26.4 Å². The lowest BCUT2D eigenvalue weighted by Gasteiger charge is -2.05. The molecule has 0 aliphatic heterocycles. The Bertz CT molecular complexity index is 545. The average Bonchev–Trinajstić information content (AvgIpc) is 2.42. The number of aryl methyl sites for hydroxylation is 1. The summed E-state index contributed by atoms with van der Waals surface area (Å²) >= 11 is 0. The molecule has 0 amide bonds. The lowest BCUT2D eigenvalue weighted by Crippen LogP contribution is -2.45. The van der Waals surface area contributed by atoms with Crippen molar-refractivity contribution in [3.05, 3.63) is 18.2 Å². The Labute approximate surface area is 91.3 Å². The molecule has 1 heterocycles. The standard InChI is InChI=1S/C6H8F2N2O4S2/c1-5-9-2-3-10(5)4-6(15(7,11)12)16(8,13)14/h2-3,6H,4H2,1H3/p+1. The van der Waals surface area contributed by atoms with Crippen molar-refractivity contribution in [1.29, 1.82) is 0 Å². The Morgan fingerprint density at radius 3 is 2.12 bits per heavy atom. The van der Waals surface area contributed by atoms with E-state index in [1.165, 1.54) is 19.3 Å². The van der Waals surface area contributed by atoms with Gasteiger partial charge in [-0.2, -0.15) is 16.8 Å². The highest BCUT2D eigenvalue weighted by molar-refractivity contribution is 8.04. The number of imidazole rings is 1. The van der Waals surface area contributed by atoms with Crippen molar-refractivity contribution in [2.75, 3.05) is 0 Å². The van der Waals surface area contributed by atoms with E-state index in [2.05, 4.69) is 4.98 Å². The fraction of sp³-hybridized carbons (Fsp3) is 0.500. The second-order valence-corrected chi connectivity index (χ2v) is 6.42. The zero-order valence-electron chi connectivity index (χ0n) is 8.09. The molecule has 0 unspecified atom stereocenters. The minimum absolute atomic E-state index is 0.373. The number of hydrogen-bond donors (Lipinski definition) is 1. The van der Waals surface area contributed by atoms with Gasteiger partial charge in [-0.25, -0.2) is 9.55 Å². The molecule has 0 bridgehead atoms. The van der Waals surface area contributed by atoms with E-state index >= 15 is 0 Å². The van der Waals surface area contributed by atoms with Crippen LogP contribution in [0.1, 0.15) is 5.82 Å². The highest BCUT2D eigenvalue weighted by atomic mass is 32.3. The van der Waals surface area contributed by atoms with Gasteiger partial charge in [0.2, 0.25) is 0 Å². The summed E-state index contributed by atoms with van der Waals surface area (Å²) in [6.07, 6.45) is 2.65. The third-order valence-electron chi connectivity index (χ3n) is 1.95. The summed E-state index contributed by atoms with van der Waals surface area (Å²) < 4.78 is 65.6. The fourth-order valence-corrected chi connectivity index (χ4v) is 2.89. The zero-order valence-corrected chi connectivity index (χ0v) is 9.72. The molecule has 0 saturated carbocycles. The van der Waals surface area contributed by atoms with E-state index in [1.54, 1.807) is 0 Å². The van der Waals surface area contributed by atoms with Gasteiger partial charge in [0, 0.05) is 6.92 Å². The minimum atomic E-state index is -5.51. The number of aromatic amines is 1. The molecule has 0 fully saturated rings. The summed E-state index contributed by atoms with van der Waals surface area (Å²) in [6.45, 7) is 0.653. The second-order valence-electron chi connectivity index (χ2n) is 3.08. The number of rotatable bonds is 4. The van der Waals surface area contributed by atoms with Crippen LogP contribution in [0.5, 0.6) is 0 Å². The fourth-order valence-electron chi connectivity index (χ4n) is 1.12. The highest BCUT2D eigenvalue weighted by Crippen LogP contribution is 2.14. The van der Waals surface area contributed by atoms with E-state index in [9.17, 15) is 24.6 Å². The van der Waals surface area contributed by atoms with E-state index in [0.717, 1.165) is 4.57 Å². The summed E-state index contributed by atoms with van der Waals surface area (Å²) in [5.74, 6) is 0.373. The molecule has 0 spiro atoms. The molecule has 1 N–H and O–H groups in total. The van der Waals surface area contributed by atoms with Gasteiger partial charge >= 0.3 is 20.4 Å². The smallest absolute Gasteiger partial charge is 0.248 e. The molecule has 0 saturated heterocycles. The summed E-state index contributed by atoms with van der Waals surface area (Å²) in [5, 5.41) is 0. The normalized spacial score (nSPS) is 13.2. The van der Waals surface area contributed by atoms with Gasteiger partial charge in [0.05, 0.1) is 0 Å². The molecule has 1 rings (SSSR count). The molecule has 0 aromatic carbocycles. The van der Waals surface area contributed by atoms with Crippen LogP contribution >= 0.6 is 0 Å². The highest BCUT2D eigenvalue weighted by Gasteiger charge is 2.40. The molecule has 92 valence electrons. The van der Waals surface area contributed by atoms with Crippen molar-refractivity contribution in [3.8, 4) is 0 Å². The zero-order chi connectivity index (χ0) is 12.6. The quantitative estimate of drug-likeness (QED) is 0.594. The Balaban J connectivity index is 3.13. The third kappa shape index (κ3) is 2.98. The molecule has 0 aliphatic rings. The predicted molar refractivity (Wildman–Crippen MR) is 49.6 cm³/mol. The van der Waals surface area contributed by atoms with Gasteiger partial charge in [0.1, 0.15) is 18.9 Å². The molecule has 0 radical (unpaired) electrons. The molecule has 1 aromatic heterocycles. The van der Waals surface area contributed by atoms with Crippen molar-refractivity contribution in [2.45, 2.75) is 18.1 Å². The lowest BCUT2D eigenvalue weighted by molar-refractivity contribution is -0.698. The number of H-pyrrole nitrogens is 1. The first-order valence-corrected chi connectivity index (χ1v) is 6.92. The number of halogens is 2. The van der Waals surface area contributed by atoms with Crippen LogP contribution < -0.4 is 4.57 Å². The molecule has 0 aliphatic carbocycles. The molecule has 6 nitrogen and oxygen atoms in total. The maximum absolute atomic E-state index is 12.6. The number of hydrogen-bond acceptors (Lipinski definition) is 4. The summed E-state index contributed by atoms with van der Waals surface area (Å²) in [5.41, 5.74) is 0. The first kappa shape index (κ1) is 13.0. The number of aromatic nitrogens is 2. The number of nitrogens with zero attached hydrogens (tertiary/aromatic N) is 1. The molecular formula is C6H9F2N2O4S2+. The Hall–Kier alpha value is -1.03. The molecular weight excluding hydrogens is 266 g/mol. The van der Waals surface area contributed by atoms with Crippen molar-refractivity contribution in [3.63, 3.8) is 0 Å². The van der Waals surface area contributed by atoms with Gasteiger partial charge in [-0.05, 0) is 0 Å². The largest absolute Gasteiger partial charge is 0.326 e. The molecule has 16 heavy (non-hydrogen) atoms. The average molecular weight is 275 g/mol. The van der Waals surface area contributed by atoms with Gasteiger partial charge in [-0.1, -0.05) is 0 Å². The van der Waals surface area contributed by atoms with Crippen molar-refractivity contribution < 1.29 is 29.2 Å². The van der Waals surface area contributed by atoms with Gasteiger partial charge in [-0.3, -0.25) is 0 Å². The second kappa shape index (κ2) is 4.09. The minimum Gasteiger partial charge on any atom is -0.248 e. The molecule has 1 aromatic rings. The van der Waals surface area contributed by atoms with Crippen LogP contribution in [0.15, 0.2) is 12.4 Å². The maximum atomic E-state index is 12.6. The van der Waals surface area contributed by atoms with Gasteiger partial charge in [0.25, 0.3) is 10.4 Å². The first-order valence-electron chi connectivity index (χ1n) is 4.02. The van der Waals surface area contributed by atoms with Gasteiger partial charge in [0.15, 0.2) is 0 Å². The van der Waals surface area contributed by atoms with Crippen LogP contribution in [0.25, 0.3) is 0 Å². The van der Waals surface area contributed by atoms with E-state index in [-0.39, 0.29) is 0 Å². The first-order chi connectivity index (χ1) is 7.12. The van der Waals surface area contributed by atoms with Gasteiger partial charge in [-0.15, -0.1) is 7.77 Å². The van der Waals surface area contributed by atoms with Crippen molar-refractivity contribution in [2.24, 2.45) is 0 Å². The van der Waals surface area contributed by atoms with Crippen LogP contribution in [0.3, 0.4) is 0 Å². The molecule has 0 atom stereocenters. The third-order valence-corrected chi connectivity index (χ3v) is 4.88. The maximum Gasteiger partial charge on any atom is 0.326 e. The van der Waals surface area contributed by atoms with Crippen molar-refractivity contribution >= 4 is 20.4 Å². The van der Waals surface area contributed by atoms with Crippen LogP contribution in [0, 0.1) is 6.92 Å². The Morgan fingerprint density at radius 2 is 1.81 bits per heavy atom. The van der Waals surface area contributed by atoms with Crippen molar-refractivity contribution in [1.82, 2.24) is 4.98 Å². The molecule has 10 heteroatoms. The topological polar surface area (TPSA) is 87.9 Å². The van der Waals surface area contributed by atoms with E-state index in [1.807, 2.05) is 0 Å². The SMILES string of the molecule is Cc1[nH]cc[n+]1CC(S(=O)(=O)F)S(=O)(=O)F. The summed E-state index contributed by atoms with van der Waals surface area (Å²) in [7, 11) is -11.0. The number of nitrogens with one attached hydrogen (secondary N) is 1. The monoisotopic (exact) mass is 275 g/mol. The van der Waals surface area contributed by atoms with Crippen LogP contribution in [0.4, 0.5) is 7.77 Å². The van der Waals surface area contributed by atoms with Gasteiger partial charge < -0.3 is 0 Å². The Morgan fingerprint density at radius 1 is 1.31 bits per heavy atom. The van der Waals surface area contributed by atoms with E-state index < -0.39 is 31.6 Å². The van der Waals surface area contributed by atoms with E-state index in [0.29, 0.717) is 5.82 Å². The summed E-state index contributed by atoms with van der Waals surface area (Å²) in [4.78, 5) is 2.61. The van der Waals surface area contributed by atoms with Crippen LogP contribution in [-0.2, 0) is 27.0 Å². The van der Waals surface area contributed by atoms with E-state index in [4.69, 9.17) is 0 Å². The lowest BCUT2D eigenvalue weighted by atomic mass is 10.6. The summed E-state index contributed by atoms with van der Waals surface area (Å²) in [6, 6.07) is 0. The Kier molecular flexibility index (Phi) is 3.33. The predicted octanol–water partition coefficient (Wildman–Crippen LogP) is -0.465.